The predicted octanol–water partition coefficient (Wildman–Crippen LogP) is 3.14. The van der Waals surface area contributed by atoms with Crippen molar-refractivity contribution in [3.63, 3.8) is 0 Å². The highest BCUT2D eigenvalue weighted by Gasteiger charge is 2.32. The third kappa shape index (κ3) is 2.63. The highest BCUT2D eigenvalue weighted by Crippen LogP contribution is 2.34. The summed E-state index contributed by atoms with van der Waals surface area (Å²) in [4.78, 5) is 13.7. The molecular formula is C16H21NO. The van der Waals surface area contributed by atoms with Gasteiger partial charge in [-0.25, -0.2) is 0 Å². The molecule has 1 aliphatic heterocycles. The Hall–Kier alpha value is -1.57. The topological polar surface area (TPSA) is 20.3 Å². The summed E-state index contributed by atoms with van der Waals surface area (Å²) < 4.78 is 0. The summed E-state index contributed by atoms with van der Waals surface area (Å²) in [6.07, 6.45) is 5.55. The quantitative estimate of drug-likeness (QED) is 0.731. The molecule has 1 amide bonds. The second-order valence-electron chi connectivity index (χ2n) is 5.25. The maximum Gasteiger partial charge on any atom is 0.246 e. The Balaban J connectivity index is 2.04. The van der Waals surface area contributed by atoms with E-state index in [1.54, 1.807) is 6.08 Å². The average molecular weight is 243 g/mol. The van der Waals surface area contributed by atoms with Gasteiger partial charge in [0.25, 0.3) is 0 Å². The average Bonchev–Trinajstić information content (AvgIpc) is 2.41. The standard InChI is InChI=1S/C16H21NO/c1-3-7-15(18)17-12-10-16(2,11-13-17)14-8-5-4-6-9-14/h3-9H,10-13H2,1-2H3/b7-3+. The minimum atomic E-state index is 0.146. The monoisotopic (exact) mass is 243 g/mol. The van der Waals surface area contributed by atoms with Gasteiger partial charge in [-0.3, -0.25) is 4.79 Å². The molecule has 1 fully saturated rings. The van der Waals surface area contributed by atoms with E-state index in [0.717, 1.165) is 25.9 Å². The second kappa shape index (κ2) is 5.38. The molecule has 0 unspecified atom stereocenters. The SMILES string of the molecule is C/C=C/C(=O)N1CCC(C)(c2ccccc2)CC1. The minimum Gasteiger partial charge on any atom is -0.339 e. The van der Waals surface area contributed by atoms with Crippen molar-refractivity contribution in [1.82, 2.24) is 4.90 Å². The van der Waals surface area contributed by atoms with E-state index in [2.05, 4.69) is 37.3 Å². The van der Waals surface area contributed by atoms with Gasteiger partial charge in [0, 0.05) is 13.1 Å². The van der Waals surface area contributed by atoms with Gasteiger partial charge in [-0.1, -0.05) is 43.3 Å². The number of carbonyl (C=O) groups excluding carboxylic acids is 1. The van der Waals surface area contributed by atoms with Crippen molar-refractivity contribution < 1.29 is 4.79 Å². The molecule has 2 rings (SSSR count). The fourth-order valence-electron chi connectivity index (χ4n) is 2.60. The first-order valence-electron chi connectivity index (χ1n) is 6.63. The van der Waals surface area contributed by atoms with Crippen molar-refractivity contribution in [2.45, 2.75) is 32.1 Å². The molecule has 1 aromatic rings. The van der Waals surface area contributed by atoms with Crippen LogP contribution in [-0.4, -0.2) is 23.9 Å². The molecule has 96 valence electrons. The van der Waals surface area contributed by atoms with E-state index in [1.165, 1.54) is 5.56 Å². The summed E-state index contributed by atoms with van der Waals surface area (Å²) in [7, 11) is 0. The number of hydrogen-bond acceptors (Lipinski definition) is 1. The molecule has 0 spiro atoms. The van der Waals surface area contributed by atoms with Gasteiger partial charge in [-0.05, 0) is 36.8 Å². The molecule has 0 bridgehead atoms. The summed E-state index contributed by atoms with van der Waals surface area (Å²) in [5.74, 6) is 0.146. The fraction of sp³-hybridized carbons (Fsp3) is 0.438. The Kier molecular flexibility index (Phi) is 3.85. The first-order valence-corrected chi connectivity index (χ1v) is 6.63. The summed E-state index contributed by atoms with van der Waals surface area (Å²) >= 11 is 0. The molecule has 0 saturated carbocycles. The van der Waals surface area contributed by atoms with Crippen LogP contribution in [0.15, 0.2) is 42.5 Å². The van der Waals surface area contributed by atoms with Crippen LogP contribution in [0.1, 0.15) is 32.3 Å². The Morgan fingerprint density at radius 1 is 1.22 bits per heavy atom. The summed E-state index contributed by atoms with van der Waals surface area (Å²) in [5.41, 5.74) is 1.61. The Morgan fingerprint density at radius 2 is 1.83 bits per heavy atom. The minimum absolute atomic E-state index is 0.146. The molecule has 0 aliphatic carbocycles. The molecule has 0 radical (unpaired) electrons. The predicted molar refractivity (Wildman–Crippen MR) is 74.4 cm³/mol. The van der Waals surface area contributed by atoms with E-state index >= 15 is 0 Å². The van der Waals surface area contributed by atoms with Gasteiger partial charge in [0.2, 0.25) is 5.91 Å². The lowest BCUT2D eigenvalue weighted by atomic mass is 9.74. The number of amides is 1. The number of nitrogens with zero attached hydrogens (tertiary/aromatic N) is 1. The molecule has 2 nitrogen and oxygen atoms in total. The summed E-state index contributed by atoms with van der Waals surface area (Å²) in [6, 6.07) is 10.6. The zero-order valence-electron chi connectivity index (χ0n) is 11.2. The molecule has 0 aromatic heterocycles. The maximum absolute atomic E-state index is 11.8. The van der Waals surface area contributed by atoms with Crippen molar-refractivity contribution in [2.24, 2.45) is 0 Å². The van der Waals surface area contributed by atoms with Gasteiger partial charge in [-0.2, -0.15) is 0 Å². The number of allylic oxidation sites excluding steroid dienone is 1. The van der Waals surface area contributed by atoms with E-state index < -0.39 is 0 Å². The van der Waals surface area contributed by atoms with Crippen molar-refractivity contribution in [2.75, 3.05) is 13.1 Å². The molecule has 1 aliphatic rings. The highest BCUT2D eigenvalue weighted by atomic mass is 16.2. The summed E-state index contributed by atoms with van der Waals surface area (Å²) in [6.45, 7) is 5.90. The van der Waals surface area contributed by atoms with Gasteiger partial charge in [0.15, 0.2) is 0 Å². The number of rotatable bonds is 2. The molecule has 1 heterocycles. The van der Waals surface area contributed by atoms with Crippen LogP contribution in [0.2, 0.25) is 0 Å². The van der Waals surface area contributed by atoms with Gasteiger partial charge in [0.05, 0.1) is 0 Å². The third-order valence-corrected chi connectivity index (χ3v) is 3.96. The Morgan fingerprint density at radius 3 is 2.39 bits per heavy atom. The lowest BCUT2D eigenvalue weighted by Crippen LogP contribution is -2.43. The number of hydrogen-bond donors (Lipinski definition) is 0. The van der Waals surface area contributed by atoms with Crippen LogP contribution in [0.4, 0.5) is 0 Å². The molecule has 0 N–H and O–H groups in total. The molecule has 18 heavy (non-hydrogen) atoms. The maximum atomic E-state index is 11.8. The van der Waals surface area contributed by atoms with E-state index in [9.17, 15) is 4.79 Å². The molecule has 2 heteroatoms. The molecule has 0 atom stereocenters. The van der Waals surface area contributed by atoms with Gasteiger partial charge < -0.3 is 4.90 Å². The molecular weight excluding hydrogens is 222 g/mol. The third-order valence-electron chi connectivity index (χ3n) is 3.96. The van der Waals surface area contributed by atoms with Crippen molar-refractivity contribution >= 4 is 5.91 Å². The van der Waals surface area contributed by atoms with Crippen LogP contribution in [-0.2, 0) is 10.2 Å². The van der Waals surface area contributed by atoms with Crippen molar-refractivity contribution in [3.8, 4) is 0 Å². The van der Waals surface area contributed by atoms with Gasteiger partial charge >= 0.3 is 0 Å². The van der Waals surface area contributed by atoms with Crippen LogP contribution in [0.5, 0.6) is 0 Å². The highest BCUT2D eigenvalue weighted by molar-refractivity contribution is 5.87. The van der Waals surface area contributed by atoms with E-state index in [1.807, 2.05) is 17.9 Å². The lowest BCUT2D eigenvalue weighted by Gasteiger charge is -2.39. The first kappa shape index (κ1) is 12.9. The molecule has 1 aromatic carbocycles. The van der Waals surface area contributed by atoms with Gasteiger partial charge in [-0.15, -0.1) is 0 Å². The van der Waals surface area contributed by atoms with Crippen LogP contribution >= 0.6 is 0 Å². The van der Waals surface area contributed by atoms with E-state index in [4.69, 9.17) is 0 Å². The normalized spacial score (nSPS) is 19.1. The largest absolute Gasteiger partial charge is 0.339 e. The van der Waals surface area contributed by atoms with Crippen LogP contribution in [0.25, 0.3) is 0 Å². The second-order valence-corrected chi connectivity index (χ2v) is 5.25. The van der Waals surface area contributed by atoms with Crippen molar-refractivity contribution in [1.29, 1.82) is 0 Å². The molecule has 1 saturated heterocycles. The van der Waals surface area contributed by atoms with Crippen LogP contribution in [0, 0.1) is 0 Å². The van der Waals surface area contributed by atoms with Gasteiger partial charge in [0.1, 0.15) is 0 Å². The number of carbonyl (C=O) groups is 1. The number of piperidine rings is 1. The van der Waals surface area contributed by atoms with Crippen LogP contribution < -0.4 is 0 Å². The number of benzene rings is 1. The summed E-state index contributed by atoms with van der Waals surface area (Å²) in [5, 5.41) is 0. The smallest absolute Gasteiger partial charge is 0.246 e. The zero-order chi connectivity index (χ0) is 13.0. The van der Waals surface area contributed by atoms with Crippen molar-refractivity contribution in [3.05, 3.63) is 48.0 Å². The van der Waals surface area contributed by atoms with Crippen LogP contribution in [0.3, 0.4) is 0 Å². The van der Waals surface area contributed by atoms with E-state index in [0.29, 0.717) is 0 Å². The Bertz CT molecular complexity index is 428. The Labute approximate surface area is 109 Å². The fourth-order valence-corrected chi connectivity index (χ4v) is 2.60. The zero-order valence-corrected chi connectivity index (χ0v) is 11.2. The number of likely N-dealkylation sites (tertiary alicyclic amines) is 1. The van der Waals surface area contributed by atoms with E-state index in [-0.39, 0.29) is 11.3 Å². The first-order chi connectivity index (χ1) is 8.65. The lowest BCUT2D eigenvalue weighted by molar-refractivity contribution is -0.127.